The Morgan fingerprint density at radius 2 is 1.94 bits per heavy atom. The molecule has 3 atom stereocenters. The third-order valence-electron chi connectivity index (χ3n) is 6.52. The van der Waals surface area contributed by atoms with Gasteiger partial charge in [0.25, 0.3) is 0 Å². The van der Waals surface area contributed by atoms with Crippen LogP contribution in [-0.2, 0) is 11.2 Å². The second-order valence-corrected chi connectivity index (χ2v) is 9.34. The highest BCUT2D eigenvalue weighted by Crippen LogP contribution is 2.63. The number of aromatic amines is 1. The Kier molecular flexibility index (Phi) is 3.99. The van der Waals surface area contributed by atoms with Gasteiger partial charge in [-0.3, -0.25) is 4.79 Å². The van der Waals surface area contributed by atoms with Crippen molar-refractivity contribution in [2.75, 3.05) is 5.32 Å². The molecule has 0 spiro atoms. The maximum absolute atomic E-state index is 11.7. The van der Waals surface area contributed by atoms with Gasteiger partial charge in [0, 0.05) is 29.7 Å². The van der Waals surface area contributed by atoms with Gasteiger partial charge >= 0.3 is 0 Å². The molecule has 1 unspecified atom stereocenters. The number of H-pyrrole nitrogens is 1. The quantitative estimate of drug-likeness (QED) is 0.400. The molecule has 0 saturated heterocycles. The van der Waals surface area contributed by atoms with E-state index >= 15 is 0 Å². The highest BCUT2D eigenvalue weighted by Gasteiger charge is 2.61. The van der Waals surface area contributed by atoms with Crippen molar-refractivity contribution in [1.82, 2.24) is 15.0 Å². The topological polar surface area (TPSA) is 89.1 Å². The first-order valence-electron chi connectivity index (χ1n) is 10.7. The number of benzene rings is 2. The van der Waals surface area contributed by atoms with E-state index in [1.165, 1.54) is 0 Å². The number of amides is 1. The van der Waals surface area contributed by atoms with Gasteiger partial charge < -0.3 is 19.8 Å². The zero-order valence-corrected chi connectivity index (χ0v) is 18.6. The van der Waals surface area contributed by atoms with Gasteiger partial charge in [0.2, 0.25) is 5.91 Å². The number of halogens is 2. The van der Waals surface area contributed by atoms with Gasteiger partial charge in [0.15, 0.2) is 0 Å². The van der Waals surface area contributed by atoms with Gasteiger partial charge in [-0.2, -0.15) is 0 Å². The summed E-state index contributed by atoms with van der Waals surface area (Å²) in [4.78, 5) is 24.0. The average Bonchev–Trinajstić information content (AvgIpc) is 3.15. The Morgan fingerprint density at radius 3 is 2.85 bits per heavy atom. The number of rotatable bonds is 3. The van der Waals surface area contributed by atoms with Crippen LogP contribution in [0.4, 0.5) is 5.82 Å². The number of pyridine rings is 1. The second-order valence-electron chi connectivity index (χ2n) is 8.53. The lowest BCUT2D eigenvalue weighted by Gasteiger charge is -2.19. The molecule has 1 fully saturated rings. The molecule has 3 aliphatic rings. The predicted octanol–water partition coefficient (Wildman–Crippen LogP) is 5.58. The van der Waals surface area contributed by atoms with Crippen LogP contribution in [-0.4, -0.2) is 27.0 Å². The molecule has 9 heteroatoms. The zero-order valence-electron chi connectivity index (χ0n) is 17.1. The number of hydrogen-bond acceptors (Lipinski definition) is 5. The van der Waals surface area contributed by atoms with E-state index < -0.39 is 0 Å². The van der Waals surface area contributed by atoms with Gasteiger partial charge in [-0.05, 0) is 42.8 Å². The number of carbonyl (C=O) groups is 1. The van der Waals surface area contributed by atoms with E-state index in [1.54, 1.807) is 18.3 Å². The minimum atomic E-state index is -0.0252. The highest BCUT2D eigenvalue weighted by atomic mass is 35.5. The Balaban J connectivity index is 1.18. The predicted molar refractivity (Wildman–Crippen MR) is 124 cm³/mol. The van der Waals surface area contributed by atoms with E-state index in [0.29, 0.717) is 34.5 Å². The Morgan fingerprint density at radius 1 is 1.06 bits per heavy atom. The second kappa shape index (κ2) is 6.85. The molecule has 0 radical (unpaired) electrons. The molecule has 7 rings (SSSR count). The average molecular weight is 479 g/mol. The molecule has 0 bridgehead atoms. The molecule has 33 heavy (non-hydrogen) atoms. The van der Waals surface area contributed by atoms with Crippen LogP contribution in [0.1, 0.15) is 35.2 Å². The molecule has 164 valence electrons. The van der Waals surface area contributed by atoms with Crippen LogP contribution in [0.15, 0.2) is 42.6 Å². The normalized spacial score (nSPS) is 22.2. The van der Waals surface area contributed by atoms with Gasteiger partial charge in [-0.1, -0.05) is 23.2 Å². The fraction of sp³-hybridized carbons (Fsp3) is 0.208. The number of imidazole rings is 1. The maximum atomic E-state index is 11.7. The standard InChI is InChI=1S/C24H16Cl2N4O3/c25-13-8-15-16(9-14(13)26)29-24(28-15)21-20-12-7-10(1-3-17(12)33-22(20)21)32-18-5-6-27-23-11(18)2-4-19(31)30-23/h1,3,5-9,20-22H,2,4H2,(H,28,29)(H,27,30,31)/t20-,21?,22-/m0/s1. The first-order valence-corrected chi connectivity index (χ1v) is 11.4. The fourth-order valence-corrected chi connectivity index (χ4v) is 5.21. The lowest BCUT2D eigenvalue weighted by molar-refractivity contribution is -0.116. The van der Waals surface area contributed by atoms with Crippen molar-refractivity contribution in [3.05, 3.63) is 69.6 Å². The third-order valence-corrected chi connectivity index (χ3v) is 7.24. The van der Waals surface area contributed by atoms with Crippen LogP contribution in [0.25, 0.3) is 11.0 Å². The van der Waals surface area contributed by atoms with Crippen molar-refractivity contribution in [1.29, 1.82) is 0 Å². The van der Waals surface area contributed by atoms with Crippen LogP contribution >= 0.6 is 23.2 Å². The van der Waals surface area contributed by atoms with Gasteiger partial charge in [-0.25, -0.2) is 9.97 Å². The highest BCUT2D eigenvalue weighted by molar-refractivity contribution is 6.42. The van der Waals surface area contributed by atoms with E-state index in [-0.39, 0.29) is 23.8 Å². The van der Waals surface area contributed by atoms with E-state index in [2.05, 4.69) is 15.3 Å². The summed E-state index contributed by atoms with van der Waals surface area (Å²) in [7, 11) is 0. The lowest BCUT2D eigenvalue weighted by Crippen LogP contribution is -2.20. The molecule has 2 N–H and O–H groups in total. The number of nitrogens with one attached hydrogen (secondary N) is 2. The number of ether oxygens (including phenoxy) is 2. The summed E-state index contributed by atoms with van der Waals surface area (Å²) in [5, 5.41) is 3.79. The fourth-order valence-electron chi connectivity index (χ4n) is 4.89. The van der Waals surface area contributed by atoms with E-state index in [0.717, 1.165) is 39.5 Å². The van der Waals surface area contributed by atoms with Crippen molar-refractivity contribution in [3.8, 4) is 17.2 Å². The smallest absolute Gasteiger partial charge is 0.225 e. The summed E-state index contributed by atoms with van der Waals surface area (Å²) in [6, 6.07) is 11.3. The van der Waals surface area contributed by atoms with Gasteiger partial charge in [-0.15, -0.1) is 0 Å². The molecule has 1 aliphatic carbocycles. The SMILES string of the molecule is O=C1CCc2c(Oc3ccc4c(c3)[C@H]3C(c5nc6cc(Cl)c(Cl)cc6[nH]5)[C@H]3O4)ccnc2N1. The van der Waals surface area contributed by atoms with Crippen molar-refractivity contribution in [2.45, 2.75) is 30.8 Å². The zero-order chi connectivity index (χ0) is 22.3. The van der Waals surface area contributed by atoms with E-state index in [9.17, 15) is 4.79 Å². The number of hydrogen-bond donors (Lipinski definition) is 2. The summed E-state index contributed by atoms with van der Waals surface area (Å²) in [6.07, 6.45) is 2.71. The maximum Gasteiger partial charge on any atom is 0.225 e. The van der Waals surface area contributed by atoms with Crippen molar-refractivity contribution >= 4 is 46.0 Å². The molecule has 4 heterocycles. The van der Waals surface area contributed by atoms with Crippen LogP contribution in [0.5, 0.6) is 17.2 Å². The Labute approximate surface area is 198 Å². The molecular weight excluding hydrogens is 463 g/mol. The van der Waals surface area contributed by atoms with Gasteiger partial charge in [0.05, 0.1) is 27.0 Å². The largest absolute Gasteiger partial charge is 0.489 e. The minimum absolute atomic E-state index is 0.0252. The first kappa shape index (κ1) is 19.2. The summed E-state index contributed by atoms with van der Waals surface area (Å²) in [5.41, 5.74) is 3.67. The minimum Gasteiger partial charge on any atom is -0.489 e. The molecule has 1 saturated carbocycles. The van der Waals surface area contributed by atoms with Crippen LogP contribution in [0, 0.1) is 0 Å². The molecule has 1 amide bonds. The van der Waals surface area contributed by atoms with Crippen molar-refractivity contribution in [3.63, 3.8) is 0 Å². The lowest BCUT2D eigenvalue weighted by atomic mass is 10.1. The number of nitrogens with zero attached hydrogens (tertiary/aromatic N) is 2. The number of anilines is 1. The summed E-state index contributed by atoms with van der Waals surface area (Å²) in [5.74, 6) is 4.06. The first-order chi connectivity index (χ1) is 16.0. The van der Waals surface area contributed by atoms with Crippen molar-refractivity contribution in [2.24, 2.45) is 0 Å². The third kappa shape index (κ3) is 2.99. The molecule has 7 nitrogen and oxygen atoms in total. The Hall–Kier alpha value is -3.29. The summed E-state index contributed by atoms with van der Waals surface area (Å²) < 4.78 is 12.4. The van der Waals surface area contributed by atoms with E-state index in [4.69, 9.17) is 37.7 Å². The Bertz CT molecular complexity index is 1450. The van der Waals surface area contributed by atoms with Crippen LogP contribution in [0.3, 0.4) is 0 Å². The van der Waals surface area contributed by atoms with Crippen molar-refractivity contribution < 1.29 is 14.3 Å². The molecule has 4 aromatic rings. The number of carbonyl (C=O) groups excluding carboxylic acids is 1. The number of fused-ring (bicyclic) bond motifs is 5. The number of aromatic nitrogens is 3. The molecule has 2 aromatic carbocycles. The van der Waals surface area contributed by atoms with Gasteiger partial charge in [0.1, 0.15) is 35.0 Å². The van der Waals surface area contributed by atoms with E-state index in [1.807, 2.05) is 24.3 Å². The monoisotopic (exact) mass is 478 g/mol. The summed E-state index contributed by atoms with van der Waals surface area (Å²) in [6.45, 7) is 0. The van der Waals surface area contributed by atoms with Crippen LogP contribution < -0.4 is 14.8 Å². The molecule has 2 aliphatic heterocycles. The van der Waals surface area contributed by atoms with Crippen LogP contribution in [0.2, 0.25) is 10.0 Å². The summed E-state index contributed by atoms with van der Waals surface area (Å²) >= 11 is 12.3. The molecular formula is C24H16Cl2N4O3. The molecule has 2 aromatic heterocycles.